The highest BCUT2D eigenvalue weighted by atomic mass is 32.1. The molecule has 1 atom stereocenters. The van der Waals surface area contributed by atoms with Crippen molar-refractivity contribution in [1.29, 1.82) is 0 Å². The van der Waals surface area contributed by atoms with E-state index in [2.05, 4.69) is 10.3 Å². The maximum atomic E-state index is 11.7. The Labute approximate surface area is 99.3 Å². The molecule has 1 fully saturated rings. The van der Waals surface area contributed by atoms with E-state index in [-0.39, 0.29) is 11.8 Å². The molecule has 0 aliphatic heterocycles. The average Bonchev–Trinajstić information content (AvgIpc) is 3.01. The fourth-order valence-corrected chi connectivity index (χ4v) is 2.32. The summed E-state index contributed by atoms with van der Waals surface area (Å²) in [5, 5.41) is 5.60. The van der Waals surface area contributed by atoms with Crippen molar-refractivity contribution in [2.45, 2.75) is 32.1 Å². The monoisotopic (exact) mass is 239 g/mol. The first-order valence-electron chi connectivity index (χ1n) is 5.67. The van der Waals surface area contributed by atoms with Gasteiger partial charge in [-0.2, -0.15) is 0 Å². The second-order valence-corrected chi connectivity index (χ2v) is 5.18. The van der Waals surface area contributed by atoms with E-state index in [1.165, 1.54) is 24.2 Å². The highest BCUT2D eigenvalue weighted by Gasteiger charge is 2.26. The van der Waals surface area contributed by atoms with Crippen LogP contribution in [0.4, 0.5) is 5.13 Å². The molecule has 2 rings (SSSR count). The van der Waals surface area contributed by atoms with Crippen LogP contribution in [0.15, 0.2) is 5.38 Å². The van der Waals surface area contributed by atoms with E-state index in [4.69, 9.17) is 5.73 Å². The Morgan fingerprint density at radius 1 is 1.75 bits per heavy atom. The number of amides is 1. The van der Waals surface area contributed by atoms with Gasteiger partial charge in [-0.1, -0.05) is 6.92 Å². The number of hydrogen-bond donors (Lipinski definition) is 2. The topological polar surface area (TPSA) is 68.0 Å². The van der Waals surface area contributed by atoms with E-state index in [0.29, 0.717) is 18.9 Å². The average molecular weight is 239 g/mol. The molecular weight excluding hydrogens is 222 g/mol. The Morgan fingerprint density at radius 2 is 2.50 bits per heavy atom. The van der Waals surface area contributed by atoms with Gasteiger partial charge < -0.3 is 11.1 Å². The fourth-order valence-electron chi connectivity index (χ4n) is 1.52. The Bertz CT molecular complexity index is 373. The number of carbonyl (C=O) groups excluding carboxylic acids is 1. The number of nitrogens with two attached hydrogens (primary N) is 1. The van der Waals surface area contributed by atoms with Gasteiger partial charge in [0.25, 0.3) is 0 Å². The SMILES string of the molecule is CC(CCN)C(=O)Nc1nc(C2CC2)cs1. The molecule has 1 aromatic heterocycles. The molecule has 88 valence electrons. The quantitative estimate of drug-likeness (QED) is 0.825. The molecule has 3 N–H and O–H groups in total. The first-order valence-corrected chi connectivity index (χ1v) is 6.55. The lowest BCUT2D eigenvalue weighted by atomic mass is 10.1. The summed E-state index contributed by atoms with van der Waals surface area (Å²) in [6.07, 6.45) is 3.19. The number of nitrogens with one attached hydrogen (secondary N) is 1. The van der Waals surface area contributed by atoms with E-state index in [9.17, 15) is 4.79 Å². The zero-order chi connectivity index (χ0) is 11.5. The minimum Gasteiger partial charge on any atom is -0.330 e. The fraction of sp³-hybridized carbons (Fsp3) is 0.636. The second-order valence-electron chi connectivity index (χ2n) is 4.32. The van der Waals surface area contributed by atoms with Crippen molar-refractivity contribution in [2.24, 2.45) is 11.7 Å². The van der Waals surface area contributed by atoms with Gasteiger partial charge in [0.2, 0.25) is 5.91 Å². The minimum atomic E-state index is -0.0433. The van der Waals surface area contributed by atoms with Crippen molar-refractivity contribution >= 4 is 22.4 Å². The van der Waals surface area contributed by atoms with Gasteiger partial charge in [-0.05, 0) is 25.8 Å². The van der Waals surface area contributed by atoms with Gasteiger partial charge >= 0.3 is 0 Å². The van der Waals surface area contributed by atoms with Crippen LogP contribution in [0.1, 0.15) is 37.8 Å². The van der Waals surface area contributed by atoms with Crippen LogP contribution in [0, 0.1) is 5.92 Å². The summed E-state index contributed by atoms with van der Waals surface area (Å²) in [5.41, 5.74) is 6.55. The van der Waals surface area contributed by atoms with E-state index in [1.807, 2.05) is 12.3 Å². The number of anilines is 1. The third-order valence-electron chi connectivity index (χ3n) is 2.79. The maximum absolute atomic E-state index is 11.7. The molecule has 4 nitrogen and oxygen atoms in total. The molecule has 5 heteroatoms. The molecule has 1 heterocycles. The number of nitrogens with zero attached hydrogens (tertiary/aromatic N) is 1. The zero-order valence-corrected chi connectivity index (χ0v) is 10.2. The van der Waals surface area contributed by atoms with Gasteiger partial charge in [-0.25, -0.2) is 4.98 Å². The number of hydrogen-bond acceptors (Lipinski definition) is 4. The van der Waals surface area contributed by atoms with Crippen LogP contribution >= 0.6 is 11.3 Å². The van der Waals surface area contributed by atoms with Crippen LogP contribution in [0.3, 0.4) is 0 Å². The van der Waals surface area contributed by atoms with Crippen LogP contribution < -0.4 is 11.1 Å². The zero-order valence-electron chi connectivity index (χ0n) is 9.40. The van der Waals surface area contributed by atoms with Gasteiger partial charge in [0, 0.05) is 17.2 Å². The maximum Gasteiger partial charge on any atom is 0.229 e. The molecule has 1 aliphatic rings. The first kappa shape index (κ1) is 11.5. The lowest BCUT2D eigenvalue weighted by Crippen LogP contribution is -2.22. The molecule has 0 aromatic carbocycles. The van der Waals surface area contributed by atoms with Gasteiger partial charge in [-0.15, -0.1) is 11.3 Å². The standard InChI is InChI=1S/C11H17N3OS/c1-7(4-5-12)10(15)14-11-13-9(6-16-11)8-2-3-8/h6-8H,2-5,12H2,1H3,(H,13,14,15). The summed E-state index contributed by atoms with van der Waals surface area (Å²) < 4.78 is 0. The number of rotatable bonds is 5. The van der Waals surface area contributed by atoms with Crippen molar-refractivity contribution in [1.82, 2.24) is 4.98 Å². The minimum absolute atomic E-state index is 0.0159. The van der Waals surface area contributed by atoms with Crippen molar-refractivity contribution in [3.63, 3.8) is 0 Å². The van der Waals surface area contributed by atoms with Crippen LogP contribution in [0.5, 0.6) is 0 Å². The van der Waals surface area contributed by atoms with Crippen molar-refractivity contribution in [3.8, 4) is 0 Å². The Morgan fingerprint density at radius 3 is 3.12 bits per heavy atom. The van der Waals surface area contributed by atoms with Crippen LogP contribution in [-0.2, 0) is 4.79 Å². The highest BCUT2D eigenvalue weighted by molar-refractivity contribution is 7.13. The second kappa shape index (κ2) is 4.93. The van der Waals surface area contributed by atoms with E-state index in [0.717, 1.165) is 10.8 Å². The largest absolute Gasteiger partial charge is 0.330 e. The summed E-state index contributed by atoms with van der Waals surface area (Å²) in [5.74, 6) is 0.615. The lowest BCUT2D eigenvalue weighted by Gasteiger charge is -2.08. The van der Waals surface area contributed by atoms with Crippen LogP contribution in [0.2, 0.25) is 0 Å². The number of aromatic nitrogens is 1. The summed E-state index contributed by atoms with van der Waals surface area (Å²) in [7, 11) is 0. The van der Waals surface area contributed by atoms with Gasteiger partial charge in [0.15, 0.2) is 5.13 Å². The molecule has 0 radical (unpaired) electrons. The summed E-state index contributed by atoms with van der Waals surface area (Å²) in [6.45, 7) is 2.43. The van der Waals surface area contributed by atoms with Crippen molar-refractivity contribution < 1.29 is 4.79 Å². The Balaban J connectivity index is 1.89. The van der Waals surface area contributed by atoms with Crippen molar-refractivity contribution in [3.05, 3.63) is 11.1 Å². The van der Waals surface area contributed by atoms with Gasteiger partial charge in [0.05, 0.1) is 5.69 Å². The highest BCUT2D eigenvalue weighted by Crippen LogP contribution is 2.40. The third kappa shape index (κ3) is 2.80. The van der Waals surface area contributed by atoms with E-state index in [1.54, 1.807) is 0 Å². The first-order chi connectivity index (χ1) is 7.70. The number of thiazole rings is 1. The van der Waals surface area contributed by atoms with E-state index >= 15 is 0 Å². The summed E-state index contributed by atoms with van der Waals surface area (Å²) in [6, 6.07) is 0. The third-order valence-corrected chi connectivity index (χ3v) is 3.57. The summed E-state index contributed by atoms with van der Waals surface area (Å²) >= 11 is 1.51. The number of carbonyl (C=O) groups is 1. The predicted octanol–water partition coefficient (Wildman–Crippen LogP) is 1.94. The normalized spacial score (nSPS) is 17.1. The molecule has 16 heavy (non-hydrogen) atoms. The van der Waals surface area contributed by atoms with Crippen molar-refractivity contribution in [2.75, 3.05) is 11.9 Å². The molecule has 1 saturated carbocycles. The van der Waals surface area contributed by atoms with Gasteiger partial charge in [0.1, 0.15) is 0 Å². The van der Waals surface area contributed by atoms with E-state index < -0.39 is 0 Å². The molecular formula is C11H17N3OS. The molecule has 0 saturated heterocycles. The van der Waals surface area contributed by atoms with Crippen LogP contribution in [0.25, 0.3) is 0 Å². The smallest absolute Gasteiger partial charge is 0.229 e. The molecule has 1 amide bonds. The lowest BCUT2D eigenvalue weighted by molar-refractivity contribution is -0.119. The summed E-state index contributed by atoms with van der Waals surface area (Å²) in [4.78, 5) is 16.1. The predicted molar refractivity (Wildman–Crippen MR) is 65.6 cm³/mol. The molecule has 1 aliphatic carbocycles. The molecule has 1 unspecified atom stereocenters. The molecule has 0 bridgehead atoms. The van der Waals surface area contributed by atoms with Crippen LogP contribution in [-0.4, -0.2) is 17.4 Å². The molecule has 0 spiro atoms. The Kier molecular flexibility index (Phi) is 3.56. The molecule has 1 aromatic rings. The van der Waals surface area contributed by atoms with Gasteiger partial charge in [-0.3, -0.25) is 4.79 Å². The Hall–Kier alpha value is -0.940.